The van der Waals surface area contributed by atoms with Gasteiger partial charge in [0.15, 0.2) is 0 Å². The topological polar surface area (TPSA) is 52.9 Å². The summed E-state index contributed by atoms with van der Waals surface area (Å²) in [6, 6.07) is 13.1. The normalized spacial score (nSPS) is 10.2. The molecule has 1 N–H and O–H groups in total. The van der Waals surface area contributed by atoms with Crippen LogP contribution < -0.4 is 5.32 Å². The molecule has 4 heteroatoms. The average Bonchev–Trinajstić information content (AvgIpc) is 2.47. The molecule has 0 saturated carbocycles. The molecule has 0 unspecified atom stereocenters. The van der Waals surface area contributed by atoms with Gasteiger partial charge in [-0.1, -0.05) is 32.0 Å². The van der Waals surface area contributed by atoms with Crippen molar-refractivity contribution in [3.63, 3.8) is 0 Å². The summed E-state index contributed by atoms with van der Waals surface area (Å²) < 4.78 is 13.5. The molecule has 0 saturated heterocycles. The standard InChI is InChI=1S/C17H15FN2O/c1-11(2)12-6-8-13(9-7-12)17(21)20-16-5-3-4-15(18)14(16)10-19/h3-9,11H,1-2H3,(H,20,21). The molecular formula is C17H15FN2O. The third kappa shape index (κ3) is 3.26. The molecule has 0 aromatic heterocycles. The van der Waals surface area contributed by atoms with Crippen molar-refractivity contribution in [3.05, 3.63) is 65.0 Å². The number of nitrogens with zero attached hydrogens (tertiary/aromatic N) is 1. The van der Waals surface area contributed by atoms with Gasteiger partial charge in [0.05, 0.1) is 5.69 Å². The molecule has 21 heavy (non-hydrogen) atoms. The zero-order valence-electron chi connectivity index (χ0n) is 11.9. The van der Waals surface area contributed by atoms with Crippen LogP contribution in [0.3, 0.4) is 0 Å². The number of amides is 1. The second-order valence-corrected chi connectivity index (χ2v) is 5.01. The van der Waals surface area contributed by atoms with E-state index in [0.29, 0.717) is 11.5 Å². The van der Waals surface area contributed by atoms with E-state index in [-0.39, 0.29) is 17.2 Å². The summed E-state index contributed by atoms with van der Waals surface area (Å²) in [6.07, 6.45) is 0. The predicted octanol–water partition coefficient (Wildman–Crippen LogP) is 4.07. The zero-order chi connectivity index (χ0) is 15.4. The highest BCUT2D eigenvalue weighted by molar-refractivity contribution is 6.04. The van der Waals surface area contributed by atoms with Gasteiger partial charge in [-0.15, -0.1) is 0 Å². The van der Waals surface area contributed by atoms with Gasteiger partial charge in [0, 0.05) is 5.56 Å². The van der Waals surface area contributed by atoms with E-state index in [1.165, 1.54) is 18.2 Å². The third-order valence-corrected chi connectivity index (χ3v) is 3.21. The molecule has 0 aliphatic rings. The number of carbonyl (C=O) groups is 1. The number of nitriles is 1. The summed E-state index contributed by atoms with van der Waals surface area (Å²) in [7, 11) is 0. The van der Waals surface area contributed by atoms with Crippen LogP contribution in [0.2, 0.25) is 0 Å². The molecule has 2 rings (SSSR count). The van der Waals surface area contributed by atoms with E-state index in [0.717, 1.165) is 5.56 Å². The van der Waals surface area contributed by atoms with E-state index >= 15 is 0 Å². The molecule has 0 radical (unpaired) electrons. The maximum Gasteiger partial charge on any atom is 0.255 e. The van der Waals surface area contributed by atoms with E-state index in [2.05, 4.69) is 19.2 Å². The highest BCUT2D eigenvalue weighted by Gasteiger charge is 2.12. The molecule has 0 atom stereocenters. The molecule has 2 aromatic carbocycles. The largest absolute Gasteiger partial charge is 0.321 e. The van der Waals surface area contributed by atoms with Crippen LogP contribution in [-0.2, 0) is 0 Å². The Bertz CT molecular complexity index is 700. The van der Waals surface area contributed by atoms with Crippen LogP contribution in [0.4, 0.5) is 10.1 Å². The van der Waals surface area contributed by atoms with E-state index < -0.39 is 5.82 Å². The Balaban J connectivity index is 2.23. The predicted molar refractivity (Wildman–Crippen MR) is 79.6 cm³/mol. The Kier molecular flexibility index (Phi) is 4.34. The zero-order valence-corrected chi connectivity index (χ0v) is 11.9. The minimum atomic E-state index is -0.648. The van der Waals surface area contributed by atoms with Gasteiger partial charge in [0.1, 0.15) is 17.4 Å². The molecule has 0 aliphatic carbocycles. The molecule has 2 aromatic rings. The molecular weight excluding hydrogens is 267 g/mol. The number of nitrogens with one attached hydrogen (secondary N) is 1. The van der Waals surface area contributed by atoms with Crippen molar-refractivity contribution < 1.29 is 9.18 Å². The van der Waals surface area contributed by atoms with E-state index in [1.54, 1.807) is 18.2 Å². The maximum atomic E-state index is 13.5. The Labute approximate surface area is 123 Å². The van der Waals surface area contributed by atoms with Gasteiger partial charge in [0.25, 0.3) is 5.91 Å². The first kappa shape index (κ1) is 14.7. The van der Waals surface area contributed by atoms with Crippen LogP contribution in [0.5, 0.6) is 0 Å². The molecule has 0 heterocycles. The highest BCUT2D eigenvalue weighted by Crippen LogP contribution is 2.19. The average molecular weight is 282 g/mol. The van der Waals surface area contributed by atoms with Crippen LogP contribution in [0.25, 0.3) is 0 Å². The maximum absolute atomic E-state index is 13.5. The van der Waals surface area contributed by atoms with Crippen molar-refractivity contribution in [1.29, 1.82) is 5.26 Å². The lowest BCUT2D eigenvalue weighted by atomic mass is 10.0. The fourth-order valence-corrected chi connectivity index (χ4v) is 1.96. The van der Waals surface area contributed by atoms with Crippen LogP contribution in [0.1, 0.15) is 41.3 Å². The van der Waals surface area contributed by atoms with Gasteiger partial charge < -0.3 is 5.32 Å². The van der Waals surface area contributed by atoms with Crippen molar-refractivity contribution in [2.75, 3.05) is 5.32 Å². The van der Waals surface area contributed by atoms with E-state index in [1.807, 2.05) is 12.1 Å². The third-order valence-electron chi connectivity index (χ3n) is 3.21. The van der Waals surface area contributed by atoms with Crippen LogP contribution in [0, 0.1) is 17.1 Å². The lowest BCUT2D eigenvalue weighted by Crippen LogP contribution is -2.13. The second kappa shape index (κ2) is 6.19. The number of hydrogen-bond donors (Lipinski definition) is 1. The summed E-state index contributed by atoms with van der Waals surface area (Å²) in [5, 5.41) is 11.5. The first-order chi connectivity index (χ1) is 10.0. The highest BCUT2D eigenvalue weighted by atomic mass is 19.1. The number of halogens is 1. The number of carbonyl (C=O) groups excluding carboxylic acids is 1. The van der Waals surface area contributed by atoms with Gasteiger partial charge >= 0.3 is 0 Å². The minimum absolute atomic E-state index is 0.162. The van der Waals surface area contributed by atoms with Gasteiger partial charge in [-0.25, -0.2) is 4.39 Å². The summed E-state index contributed by atoms with van der Waals surface area (Å²) >= 11 is 0. The molecule has 0 aliphatic heterocycles. The number of rotatable bonds is 3. The van der Waals surface area contributed by atoms with Crippen molar-refractivity contribution in [2.24, 2.45) is 0 Å². The Morgan fingerprint density at radius 3 is 2.43 bits per heavy atom. The Hall–Kier alpha value is -2.67. The minimum Gasteiger partial charge on any atom is -0.321 e. The summed E-state index contributed by atoms with van der Waals surface area (Å²) in [6.45, 7) is 4.14. The van der Waals surface area contributed by atoms with Gasteiger partial charge in [-0.05, 0) is 35.7 Å². The molecule has 0 bridgehead atoms. The molecule has 0 spiro atoms. The lowest BCUT2D eigenvalue weighted by Gasteiger charge is -2.09. The molecule has 3 nitrogen and oxygen atoms in total. The molecule has 106 valence electrons. The van der Waals surface area contributed by atoms with Crippen LogP contribution in [0.15, 0.2) is 42.5 Å². The van der Waals surface area contributed by atoms with Crippen molar-refractivity contribution >= 4 is 11.6 Å². The monoisotopic (exact) mass is 282 g/mol. The molecule has 0 fully saturated rings. The van der Waals surface area contributed by atoms with E-state index in [4.69, 9.17) is 5.26 Å². The molecule has 1 amide bonds. The summed E-state index contributed by atoms with van der Waals surface area (Å²) in [5.41, 5.74) is 1.61. The Morgan fingerprint density at radius 1 is 1.19 bits per heavy atom. The summed E-state index contributed by atoms with van der Waals surface area (Å²) in [4.78, 5) is 12.1. The first-order valence-corrected chi connectivity index (χ1v) is 6.63. The van der Waals surface area contributed by atoms with Gasteiger partial charge in [-0.3, -0.25) is 4.79 Å². The number of hydrogen-bond acceptors (Lipinski definition) is 2. The Morgan fingerprint density at radius 2 is 1.86 bits per heavy atom. The van der Waals surface area contributed by atoms with Crippen LogP contribution >= 0.6 is 0 Å². The number of anilines is 1. The second-order valence-electron chi connectivity index (χ2n) is 5.01. The fraction of sp³-hybridized carbons (Fsp3) is 0.176. The first-order valence-electron chi connectivity index (χ1n) is 6.63. The van der Waals surface area contributed by atoms with Gasteiger partial charge in [0.2, 0.25) is 0 Å². The fourth-order valence-electron chi connectivity index (χ4n) is 1.96. The van der Waals surface area contributed by atoms with Crippen molar-refractivity contribution in [3.8, 4) is 6.07 Å². The van der Waals surface area contributed by atoms with E-state index in [9.17, 15) is 9.18 Å². The van der Waals surface area contributed by atoms with Gasteiger partial charge in [-0.2, -0.15) is 5.26 Å². The quantitative estimate of drug-likeness (QED) is 0.922. The van der Waals surface area contributed by atoms with Crippen molar-refractivity contribution in [2.45, 2.75) is 19.8 Å². The van der Waals surface area contributed by atoms with Crippen LogP contribution in [-0.4, -0.2) is 5.91 Å². The number of benzene rings is 2. The van der Waals surface area contributed by atoms with Crippen molar-refractivity contribution in [1.82, 2.24) is 0 Å². The lowest BCUT2D eigenvalue weighted by molar-refractivity contribution is 0.102. The SMILES string of the molecule is CC(C)c1ccc(C(=O)Nc2cccc(F)c2C#N)cc1. The smallest absolute Gasteiger partial charge is 0.255 e. The summed E-state index contributed by atoms with van der Waals surface area (Å²) in [5.74, 6) is -0.631.